The van der Waals surface area contributed by atoms with Crippen molar-refractivity contribution in [2.24, 2.45) is 29.6 Å². The first-order valence-electron chi connectivity index (χ1n) is 13.2. The van der Waals surface area contributed by atoms with Crippen LogP contribution in [0.2, 0.25) is 0 Å². The van der Waals surface area contributed by atoms with Crippen LogP contribution in [0.15, 0.2) is 42.5 Å². The minimum absolute atomic E-state index is 0.0636. The smallest absolute Gasteiger partial charge is 0.316 e. The quantitative estimate of drug-likeness (QED) is 0.194. The number of carbonyl (C=O) groups excluding carboxylic acids is 4. The lowest BCUT2D eigenvalue weighted by Crippen LogP contribution is -2.37. The molecular weight excluding hydrogens is 632 g/mol. The van der Waals surface area contributed by atoms with Gasteiger partial charge >= 0.3 is 5.97 Å². The number of aryl methyl sites for hydroxylation is 1. The molecule has 0 aromatic heterocycles. The summed E-state index contributed by atoms with van der Waals surface area (Å²) in [5, 5.41) is 0. The molecule has 4 aliphatic rings. The number of benzene rings is 2. The first-order chi connectivity index (χ1) is 18.7. The molecule has 0 radical (unpaired) electrons. The number of hydrogen-bond acceptors (Lipinski definition) is 6. The number of nitrogens with zero attached hydrogens (tertiary/aromatic N) is 2. The number of alkyl halides is 2. The summed E-state index contributed by atoms with van der Waals surface area (Å²) in [5.74, 6) is -0.804. The maximum Gasteiger partial charge on any atom is 0.316 e. The zero-order valence-corrected chi connectivity index (χ0v) is 24.7. The van der Waals surface area contributed by atoms with E-state index in [2.05, 4.69) is 31.9 Å². The number of esters is 1. The number of anilines is 2. The van der Waals surface area contributed by atoms with E-state index >= 15 is 0 Å². The summed E-state index contributed by atoms with van der Waals surface area (Å²) in [6.45, 7) is 4.48. The molecule has 0 spiro atoms. The second-order valence-electron chi connectivity index (χ2n) is 10.7. The van der Waals surface area contributed by atoms with E-state index in [1.807, 2.05) is 6.92 Å². The van der Waals surface area contributed by atoms with Crippen LogP contribution in [0.5, 0.6) is 11.5 Å². The molecular formula is C29H28Br2N2O6. The lowest BCUT2D eigenvalue weighted by atomic mass is 9.81. The summed E-state index contributed by atoms with van der Waals surface area (Å²) in [4.78, 5) is 55.7. The molecule has 0 N–H and O–H groups in total. The highest BCUT2D eigenvalue weighted by molar-refractivity contribution is 9.12. The lowest BCUT2D eigenvalue weighted by molar-refractivity contribution is -0.139. The van der Waals surface area contributed by atoms with Crippen LogP contribution in [0.25, 0.3) is 0 Å². The van der Waals surface area contributed by atoms with E-state index < -0.39 is 11.9 Å². The van der Waals surface area contributed by atoms with Crippen LogP contribution in [0.3, 0.4) is 0 Å². The van der Waals surface area contributed by atoms with Gasteiger partial charge in [-0.05, 0) is 80.1 Å². The zero-order valence-electron chi connectivity index (χ0n) is 21.5. The fourth-order valence-corrected chi connectivity index (χ4v) is 8.61. The minimum atomic E-state index is -0.602. The van der Waals surface area contributed by atoms with Gasteiger partial charge in [-0.2, -0.15) is 0 Å². The van der Waals surface area contributed by atoms with Crippen LogP contribution in [0.4, 0.5) is 11.4 Å². The van der Waals surface area contributed by atoms with Crippen molar-refractivity contribution in [3.05, 3.63) is 48.0 Å². The average Bonchev–Trinajstić information content (AvgIpc) is 3.63. The Labute approximate surface area is 243 Å². The van der Waals surface area contributed by atoms with Gasteiger partial charge in [0.05, 0.1) is 30.0 Å². The summed E-state index contributed by atoms with van der Waals surface area (Å²) in [6.07, 6.45) is 0.939. The van der Waals surface area contributed by atoms with Crippen molar-refractivity contribution in [1.82, 2.24) is 0 Å². The topological polar surface area (TPSA) is 93.2 Å². The predicted molar refractivity (Wildman–Crippen MR) is 151 cm³/mol. The van der Waals surface area contributed by atoms with Crippen LogP contribution in [0, 0.1) is 36.5 Å². The molecule has 7 atom stereocenters. The molecule has 2 saturated carbocycles. The van der Waals surface area contributed by atoms with Gasteiger partial charge in [-0.15, -0.1) is 0 Å². The van der Waals surface area contributed by atoms with Gasteiger partial charge in [-0.3, -0.25) is 19.2 Å². The van der Waals surface area contributed by atoms with Crippen molar-refractivity contribution >= 4 is 66.9 Å². The van der Waals surface area contributed by atoms with Crippen molar-refractivity contribution < 1.29 is 28.7 Å². The van der Waals surface area contributed by atoms with Crippen LogP contribution < -0.4 is 19.3 Å². The third kappa shape index (κ3) is 4.30. The molecule has 8 nitrogen and oxygen atoms in total. The van der Waals surface area contributed by atoms with Crippen molar-refractivity contribution in [1.29, 1.82) is 0 Å². The first kappa shape index (κ1) is 26.5. The molecule has 6 rings (SSSR count). The Morgan fingerprint density at radius 2 is 1.56 bits per heavy atom. The Bertz CT molecular complexity index is 1330. The number of fused-ring (bicyclic) bond motifs is 5. The molecule has 10 heteroatoms. The SMILES string of the molecule is CCOc1ccc(N2C[C@H](C(=O)Oc3ccc(N4C(=O)[C@@H]5[C@H]6C[C@@H]([C@H](Br)[C@H]6Br)[C@H]5C4=O)c(C)c3)CC2=O)cc1. The molecule has 4 fully saturated rings. The predicted octanol–water partition coefficient (Wildman–Crippen LogP) is 4.63. The second kappa shape index (κ2) is 10.0. The summed E-state index contributed by atoms with van der Waals surface area (Å²) >= 11 is 7.44. The van der Waals surface area contributed by atoms with Crippen LogP contribution in [-0.2, 0) is 19.2 Å². The van der Waals surface area contributed by atoms with Gasteiger partial charge in [-0.1, -0.05) is 31.9 Å². The monoisotopic (exact) mass is 658 g/mol. The fourth-order valence-electron chi connectivity index (χ4n) is 6.73. The van der Waals surface area contributed by atoms with Crippen LogP contribution in [-0.4, -0.2) is 46.5 Å². The highest BCUT2D eigenvalue weighted by Crippen LogP contribution is 2.60. The molecule has 2 saturated heterocycles. The lowest BCUT2D eigenvalue weighted by Gasteiger charge is -2.28. The Morgan fingerprint density at radius 3 is 2.15 bits per heavy atom. The van der Waals surface area contributed by atoms with E-state index in [4.69, 9.17) is 9.47 Å². The van der Waals surface area contributed by atoms with Gasteiger partial charge in [-0.25, -0.2) is 4.90 Å². The Hall–Kier alpha value is -2.72. The van der Waals surface area contributed by atoms with E-state index in [1.54, 1.807) is 54.3 Å². The highest BCUT2D eigenvalue weighted by atomic mass is 79.9. The zero-order chi connectivity index (χ0) is 27.6. The summed E-state index contributed by atoms with van der Waals surface area (Å²) in [5.41, 5.74) is 1.89. The normalized spacial score (nSPS) is 31.3. The van der Waals surface area contributed by atoms with Gasteiger partial charge in [0.1, 0.15) is 11.5 Å². The Balaban J connectivity index is 1.13. The van der Waals surface area contributed by atoms with Crippen molar-refractivity contribution in [3.8, 4) is 11.5 Å². The van der Waals surface area contributed by atoms with Gasteiger partial charge in [0, 0.05) is 28.3 Å². The minimum Gasteiger partial charge on any atom is -0.494 e. The van der Waals surface area contributed by atoms with Gasteiger partial charge < -0.3 is 14.4 Å². The number of amides is 3. The molecule has 39 heavy (non-hydrogen) atoms. The third-order valence-electron chi connectivity index (χ3n) is 8.53. The van der Waals surface area contributed by atoms with Crippen molar-refractivity contribution in [2.45, 2.75) is 36.3 Å². The van der Waals surface area contributed by atoms with E-state index in [0.717, 1.165) is 12.2 Å². The fraction of sp³-hybridized carbons (Fsp3) is 0.448. The molecule has 2 bridgehead atoms. The Kier molecular flexibility index (Phi) is 6.82. The van der Waals surface area contributed by atoms with E-state index in [0.29, 0.717) is 29.3 Å². The van der Waals surface area contributed by atoms with Crippen molar-refractivity contribution in [3.63, 3.8) is 0 Å². The number of carbonyl (C=O) groups is 4. The van der Waals surface area contributed by atoms with Gasteiger partial charge in [0.15, 0.2) is 0 Å². The summed E-state index contributed by atoms with van der Waals surface area (Å²) < 4.78 is 11.1. The number of rotatable bonds is 6. The molecule has 2 heterocycles. The standard InChI is InChI=1S/C29H28Br2N2O6/c1-3-38-17-6-4-16(5-7-17)32-13-15(11-22(32)34)29(37)39-18-8-9-21(14(2)10-18)33-27(35)23-19-12-20(24(23)28(33)36)26(31)25(19)30/h4-10,15,19-20,23-26H,3,11-13H2,1-2H3/t15-,19-,20-,23-,24-,25+,26+/m1/s1. The summed E-state index contributed by atoms with van der Waals surface area (Å²) in [6, 6.07) is 12.1. The van der Waals surface area contributed by atoms with Crippen LogP contribution in [0.1, 0.15) is 25.3 Å². The summed E-state index contributed by atoms with van der Waals surface area (Å²) in [7, 11) is 0. The molecule has 204 valence electrons. The van der Waals surface area contributed by atoms with Gasteiger partial charge in [0.25, 0.3) is 0 Å². The number of imide groups is 1. The number of halogens is 2. The molecule has 2 aliphatic carbocycles. The van der Waals surface area contributed by atoms with Crippen molar-refractivity contribution in [2.75, 3.05) is 23.0 Å². The largest absolute Gasteiger partial charge is 0.494 e. The maximum atomic E-state index is 13.4. The molecule has 2 aromatic carbocycles. The van der Waals surface area contributed by atoms with E-state index in [-0.39, 0.29) is 64.0 Å². The molecule has 2 aromatic rings. The molecule has 2 aliphatic heterocycles. The highest BCUT2D eigenvalue weighted by Gasteiger charge is 2.66. The third-order valence-corrected chi connectivity index (χ3v) is 11.7. The average molecular weight is 660 g/mol. The van der Waals surface area contributed by atoms with E-state index in [9.17, 15) is 19.2 Å². The maximum absolute atomic E-state index is 13.4. The first-order valence-corrected chi connectivity index (χ1v) is 15.0. The van der Waals surface area contributed by atoms with E-state index in [1.165, 1.54) is 4.90 Å². The van der Waals surface area contributed by atoms with Crippen LogP contribution >= 0.6 is 31.9 Å². The second-order valence-corrected chi connectivity index (χ2v) is 12.8. The Morgan fingerprint density at radius 1 is 0.949 bits per heavy atom. The molecule has 0 unspecified atom stereocenters. The number of hydrogen-bond donors (Lipinski definition) is 0. The number of ether oxygens (including phenoxy) is 2. The van der Waals surface area contributed by atoms with Gasteiger partial charge in [0.2, 0.25) is 17.7 Å². The molecule has 3 amide bonds.